The predicted octanol–water partition coefficient (Wildman–Crippen LogP) is 4.68. The third-order valence-electron chi connectivity index (χ3n) is 4.10. The molecular weight excluding hydrogens is 395 g/mol. The summed E-state index contributed by atoms with van der Waals surface area (Å²) in [6.07, 6.45) is 0. The number of thiol groups is 1. The molecular formula is C19H14F3NO2S2. The van der Waals surface area contributed by atoms with Gasteiger partial charge in [-0.2, -0.15) is 0 Å². The summed E-state index contributed by atoms with van der Waals surface area (Å²) in [5, 5.41) is 4.83. The van der Waals surface area contributed by atoms with Crippen LogP contribution in [-0.2, 0) is 10.0 Å². The molecule has 0 aromatic heterocycles. The Kier molecular flexibility index (Phi) is 5.07. The van der Waals surface area contributed by atoms with Crippen molar-refractivity contribution in [2.75, 3.05) is 0 Å². The molecule has 2 N–H and O–H groups in total. The number of sulfonamides is 1. The predicted molar refractivity (Wildman–Crippen MR) is 101 cm³/mol. The minimum absolute atomic E-state index is 0.120. The number of primary sulfonamides is 1. The molecule has 0 saturated heterocycles. The summed E-state index contributed by atoms with van der Waals surface area (Å²) >= 11 is 4.38. The van der Waals surface area contributed by atoms with E-state index >= 15 is 0 Å². The van der Waals surface area contributed by atoms with Gasteiger partial charge in [0, 0.05) is 4.90 Å². The van der Waals surface area contributed by atoms with E-state index in [-0.39, 0.29) is 11.4 Å². The SMILES string of the molecule is Cc1ccc(-c2ccc(-c3cc(F)c(S(N)(=O)=O)c(F)c3)cc2S)cc1F. The molecule has 3 aromatic rings. The lowest BCUT2D eigenvalue weighted by molar-refractivity contribution is 0.520. The molecule has 0 amide bonds. The van der Waals surface area contributed by atoms with Gasteiger partial charge in [-0.05, 0) is 59.0 Å². The fraction of sp³-hybridized carbons (Fsp3) is 0.0526. The van der Waals surface area contributed by atoms with Crippen LogP contribution in [0.5, 0.6) is 0 Å². The van der Waals surface area contributed by atoms with E-state index in [1.165, 1.54) is 6.07 Å². The molecule has 0 aliphatic carbocycles. The Bertz CT molecular complexity index is 1140. The number of aryl methyl sites for hydroxylation is 1. The van der Waals surface area contributed by atoms with Gasteiger partial charge in [0.15, 0.2) is 4.90 Å². The van der Waals surface area contributed by atoms with Gasteiger partial charge in [0.1, 0.15) is 17.5 Å². The summed E-state index contributed by atoms with van der Waals surface area (Å²) in [6.45, 7) is 1.65. The first-order valence-corrected chi connectivity index (χ1v) is 9.69. The van der Waals surface area contributed by atoms with Crippen molar-refractivity contribution in [1.82, 2.24) is 0 Å². The molecule has 0 aliphatic heterocycles. The number of hydrogen-bond acceptors (Lipinski definition) is 3. The standard InChI is InChI=1S/C19H14F3NO2S2/c1-10-2-3-12(6-15(10)20)14-5-4-11(9-18(14)26)13-7-16(21)19(17(22)8-13)27(23,24)25/h2-9,26H,1H3,(H2,23,24,25). The molecule has 0 atom stereocenters. The van der Waals surface area contributed by atoms with Gasteiger partial charge < -0.3 is 0 Å². The highest BCUT2D eigenvalue weighted by molar-refractivity contribution is 7.89. The second-order valence-corrected chi connectivity index (χ2v) is 7.99. The molecule has 27 heavy (non-hydrogen) atoms. The lowest BCUT2D eigenvalue weighted by Gasteiger charge is -2.11. The van der Waals surface area contributed by atoms with E-state index in [2.05, 4.69) is 12.6 Å². The number of nitrogens with two attached hydrogens (primary N) is 1. The Labute approximate surface area is 160 Å². The van der Waals surface area contributed by atoms with Gasteiger partial charge in [-0.25, -0.2) is 26.7 Å². The summed E-state index contributed by atoms with van der Waals surface area (Å²) in [7, 11) is -4.52. The lowest BCUT2D eigenvalue weighted by atomic mass is 9.99. The van der Waals surface area contributed by atoms with Crippen LogP contribution in [0.3, 0.4) is 0 Å². The fourth-order valence-corrected chi connectivity index (χ4v) is 3.72. The Morgan fingerprint density at radius 2 is 1.37 bits per heavy atom. The van der Waals surface area contributed by atoms with Crippen LogP contribution in [0.1, 0.15) is 5.56 Å². The van der Waals surface area contributed by atoms with Crippen molar-refractivity contribution in [3.63, 3.8) is 0 Å². The fourth-order valence-electron chi connectivity index (χ4n) is 2.71. The van der Waals surface area contributed by atoms with E-state index < -0.39 is 26.6 Å². The topological polar surface area (TPSA) is 60.2 Å². The van der Waals surface area contributed by atoms with Crippen molar-refractivity contribution in [2.45, 2.75) is 16.7 Å². The average molecular weight is 409 g/mol. The van der Waals surface area contributed by atoms with E-state index in [1.54, 1.807) is 37.3 Å². The van der Waals surface area contributed by atoms with E-state index in [0.717, 1.165) is 12.1 Å². The van der Waals surface area contributed by atoms with E-state index in [4.69, 9.17) is 5.14 Å². The molecule has 0 radical (unpaired) electrons. The maximum Gasteiger partial charge on any atom is 0.243 e. The summed E-state index contributed by atoms with van der Waals surface area (Å²) in [6, 6.07) is 11.3. The number of benzene rings is 3. The van der Waals surface area contributed by atoms with Gasteiger partial charge in [0.25, 0.3) is 0 Å². The number of halogens is 3. The van der Waals surface area contributed by atoms with Gasteiger partial charge in [-0.15, -0.1) is 12.6 Å². The first-order chi connectivity index (χ1) is 12.6. The minimum atomic E-state index is -4.52. The first-order valence-electron chi connectivity index (χ1n) is 7.69. The summed E-state index contributed by atoms with van der Waals surface area (Å²) < 4.78 is 64.5. The van der Waals surface area contributed by atoms with Crippen molar-refractivity contribution in [1.29, 1.82) is 0 Å². The maximum atomic E-state index is 14.1. The molecule has 3 aromatic carbocycles. The molecule has 0 unspecified atom stereocenters. The van der Waals surface area contributed by atoms with Crippen LogP contribution in [0.25, 0.3) is 22.3 Å². The third kappa shape index (κ3) is 3.87. The highest BCUT2D eigenvalue weighted by Gasteiger charge is 2.21. The van der Waals surface area contributed by atoms with Crippen LogP contribution in [0, 0.1) is 24.4 Å². The normalized spacial score (nSPS) is 11.6. The van der Waals surface area contributed by atoms with Gasteiger partial charge in [0.05, 0.1) is 0 Å². The highest BCUT2D eigenvalue weighted by atomic mass is 32.2. The van der Waals surface area contributed by atoms with E-state index in [1.807, 2.05) is 0 Å². The summed E-state index contributed by atoms with van der Waals surface area (Å²) in [4.78, 5) is -0.712. The molecule has 3 rings (SSSR count). The zero-order chi connectivity index (χ0) is 19.9. The zero-order valence-electron chi connectivity index (χ0n) is 14.0. The largest absolute Gasteiger partial charge is 0.243 e. The van der Waals surface area contributed by atoms with Crippen LogP contribution in [-0.4, -0.2) is 8.42 Å². The third-order valence-corrected chi connectivity index (χ3v) is 5.43. The smallest absolute Gasteiger partial charge is 0.224 e. The Hall–Kier alpha value is -2.29. The first kappa shape index (κ1) is 19.5. The van der Waals surface area contributed by atoms with Crippen LogP contribution >= 0.6 is 12.6 Å². The quantitative estimate of drug-likeness (QED) is 0.617. The molecule has 8 heteroatoms. The molecule has 140 valence electrons. The van der Waals surface area contributed by atoms with Crippen molar-refractivity contribution in [3.05, 3.63) is 71.5 Å². The summed E-state index contributed by atoms with van der Waals surface area (Å²) in [5.41, 5.74) is 2.29. The van der Waals surface area contributed by atoms with Gasteiger partial charge in [0.2, 0.25) is 10.0 Å². The Morgan fingerprint density at radius 3 is 1.89 bits per heavy atom. The highest BCUT2D eigenvalue weighted by Crippen LogP contribution is 2.33. The van der Waals surface area contributed by atoms with Crippen molar-refractivity contribution in [3.8, 4) is 22.3 Å². The van der Waals surface area contributed by atoms with Crippen molar-refractivity contribution in [2.24, 2.45) is 5.14 Å². The van der Waals surface area contributed by atoms with Crippen LogP contribution in [0.2, 0.25) is 0 Å². The van der Waals surface area contributed by atoms with Gasteiger partial charge in [-0.3, -0.25) is 0 Å². The zero-order valence-corrected chi connectivity index (χ0v) is 15.7. The minimum Gasteiger partial charge on any atom is -0.224 e. The number of rotatable bonds is 3. The molecule has 0 fully saturated rings. The van der Waals surface area contributed by atoms with Gasteiger partial charge >= 0.3 is 0 Å². The van der Waals surface area contributed by atoms with Crippen molar-refractivity contribution >= 4 is 22.7 Å². The van der Waals surface area contributed by atoms with E-state index in [9.17, 15) is 21.6 Å². The molecule has 0 bridgehead atoms. The monoisotopic (exact) mass is 409 g/mol. The second-order valence-electron chi connectivity index (χ2n) is 6.01. The van der Waals surface area contributed by atoms with E-state index in [0.29, 0.717) is 27.1 Å². The molecule has 0 heterocycles. The molecule has 0 spiro atoms. The molecule has 0 saturated carbocycles. The van der Waals surface area contributed by atoms with Crippen LogP contribution in [0.4, 0.5) is 13.2 Å². The summed E-state index contributed by atoms with van der Waals surface area (Å²) in [5.74, 6) is -2.91. The van der Waals surface area contributed by atoms with Crippen LogP contribution in [0.15, 0.2) is 58.3 Å². The van der Waals surface area contributed by atoms with Crippen LogP contribution < -0.4 is 5.14 Å². The molecule has 3 nitrogen and oxygen atoms in total. The Balaban J connectivity index is 2.07. The van der Waals surface area contributed by atoms with Crippen molar-refractivity contribution < 1.29 is 21.6 Å². The number of hydrogen-bond donors (Lipinski definition) is 2. The average Bonchev–Trinajstić information content (AvgIpc) is 2.55. The Morgan fingerprint density at radius 1 is 0.815 bits per heavy atom. The lowest BCUT2D eigenvalue weighted by Crippen LogP contribution is -2.16. The molecule has 0 aliphatic rings. The second kappa shape index (κ2) is 7.03. The van der Waals surface area contributed by atoms with Gasteiger partial charge in [-0.1, -0.05) is 24.3 Å². The maximum absolute atomic E-state index is 14.1.